The van der Waals surface area contributed by atoms with E-state index in [1.807, 2.05) is 9.80 Å². The summed E-state index contributed by atoms with van der Waals surface area (Å²) in [4.78, 5) is 17.1. The van der Waals surface area contributed by atoms with Gasteiger partial charge < -0.3 is 14.9 Å². The second-order valence-corrected chi connectivity index (χ2v) is 8.09. The molecule has 1 atom stereocenters. The monoisotopic (exact) mass is 364 g/mol. The molecule has 6 heteroatoms. The molecule has 0 aromatic heterocycles. The van der Waals surface area contributed by atoms with E-state index in [-0.39, 0.29) is 23.7 Å². The van der Waals surface area contributed by atoms with Gasteiger partial charge in [-0.25, -0.2) is 8.78 Å². The van der Waals surface area contributed by atoms with E-state index >= 15 is 0 Å². The van der Waals surface area contributed by atoms with Gasteiger partial charge in [0.15, 0.2) is 11.6 Å². The molecule has 0 bridgehead atoms. The topological polar surface area (TPSA) is 43.8 Å². The highest BCUT2D eigenvalue weighted by Gasteiger charge is 2.50. The van der Waals surface area contributed by atoms with Gasteiger partial charge in [-0.05, 0) is 57.1 Å². The maximum Gasteiger partial charge on any atom is 0.230 e. The molecule has 142 valence electrons. The fraction of sp³-hybridized carbons (Fsp3) is 0.650. The molecule has 1 aromatic rings. The molecule has 1 spiro atoms. The Hall–Kier alpha value is -1.69. The van der Waals surface area contributed by atoms with E-state index in [9.17, 15) is 18.7 Å². The van der Waals surface area contributed by atoms with Gasteiger partial charge in [0.05, 0.1) is 17.2 Å². The number of anilines is 1. The molecule has 0 unspecified atom stereocenters. The minimum Gasteiger partial charge on any atom is -0.393 e. The number of nitrogens with zero attached hydrogens (tertiary/aromatic N) is 2. The number of amides is 1. The Bertz CT molecular complexity index is 690. The lowest BCUT2D eigenvalue weighted by molar-refractivity contribution is -0.139. The molecule has 4 rings (SSSR count). The van der Waals surface area contributed by atoms with Crippen LogP contribution in [0, 0.1) is 17.0 Å². The van der Waals surface area contributed by atoms with Crippen LogP contribution in [0.2, 0.25) is 0 Å². The molecule has 1 saturated carbocycles. The SMILES string of the molecule is O=C1N(C2CCC(O)CC2)CC[C@@]12CCCN(c1cccc(F)c1F)C2. The lowest BCUT2D eigenvalue weighted by Gasteiger charge is -2.41. The molecular weight excluding hydrogens is 338 g/mol. The normalized spacial score (nSPS) is 32.5. The fourth-order valence-corrected chi connectivity index (χ4v) is 5.02. The Labute approximate surface area is 152 Å². The van der Waals surface area contributed by atoms with Crippen molar-refractivity contribution in [3.63, 3.8) is 0 Å². The third-order valence-electron chi connectivity index (χ3n) is 6.50. The Balaban J connectivity index is 1.52. The van der Waals surface area contributed by atoms with Crippen molar-refractivity contribution in [2.24, 2.45) is 5.41 Å². The summed E-state index contributed by atoms with van der Waals surface area (Å²) < 4.78 is 27.8. The molecule has 1 aliphatic carbocycles. The quantitative estimate of drug-likeness (QED) is 0.877. The zero-order chi connectivity index (χ0) is 18.3. The van der Waals surface area contributed by atoms with Crippen LogP contribution in [0.1, 0.15) is 44.9 Å². The summed E-state index contributed by atoms with van der Waals surface area (Å²) in [6, 6.07) is 4.45. The highest BCUT2D eigenvalue weighted by Crippen LogP contribution is 2.43. The minimum atomic E-state index is -0.845. The van der Waals surface area contributed by atoms with E-state index < -0.39 is 17.0 Å². The zero-order valence-corrected chi connectivity index (χ0v) is 15.0. The Morgan fingerprint density at radius 1 is 1.08 bits per heavy atom. The smallest absolute Gasteiger partial charge is 0.230 e. The number of likely N-dealkylation sites (tertiary alicyclic amines) is 1. The van der Waals surface area contributed by atoms with Crippen LogP contribution in [0.25, 0.3) is 0 Å². The van der Waals surface area contributed by atoms with Crippen molar-refractivity contribution >= 4 is 11.6 Å². The first kappa shape index (κ1) is 17.7. The van der Waals surface area contributed by atoms with E-state index in [1.54, 1.807) is 6.07 Å². The number of aliphatic hydroxyl groups excluding tert-OH is 1. The average Bonchev–Trinajstić information content (AvgIpc) is 2.94. The van der Waals surface area contributed by atoms with Crippen molar-refractivity contribution in [1.29, 1.82) is 0 Å². The summed E-state index contributed by atoms with van der Waals surface area (Å²) in [5.74, 6) is -1.50. The van der Waals surface area contributed by atoms with Gasteiger partial charge in [-0.15, -0.1) is 0 Å². The van der Waals surface area contributed by atoms with Crippen LogP contribution in [-0.2, 0) is 4.79 Å². The fourth-order valence-electron chi connectivity index (χ4n) is 5.02. The highest BCUT2D eigenvalue weighted by atomic mass is 19.2. The van der Waals surface area contributed by atoms with E-state index in [4.69, 9.17) is 0 Å². The van der Waals surface area contributed by atoms with Crippen LogP contribution in [0.4, 0.5) is 14.5 Å². The zero-order valence-electron chi connectivity index (χ0n) is 15.0. The third kappa shape index (κ3) is 2.98. The summed E-state index contributed by atoms with van der Waals surface area (Å²) in [7, 11) is 0. The van der Waals surface area contributed by atoms with Gasteiger partial charge in [0.2, 0.25) is 5.91 Å². The number of benzene rings is 1. The second-order valence-electron chi connectivity index (χ2n) is 8.09. The molecule has 2 heterocycles. The van der Waals surface area contributed by atoms with Gasteiger partial charge >= 0.3 is 0 Å². The first-order valence-corrected chi connectivity index (χ1v) is 9.68. The van der Waals surface area contributed by atoms with Crippen molar-refractivity contribution in [2.45, 2.75) is 57.1 Å². The van der Waals surface area contributed by atoms with Gasteiger partial charge in [0, 0.05) is 25.7 Å². The number of carbonyl (C=O) groups is 1. The maximum atomic E-state index is 14.2. The number of halogens is 2. The van der Waals surface area contributed by atoms with Gasteiger partial charge in [-0.1, -0.05) is 6.07 Å². The number of piperidine rings is 1. The van der Waals surface area contributed by atoms with Gasteiger partial charge in [-0.3, -0.25) is 4.79 Å². The Morgan fingerprint density at radius 2 is 1.85 bits per heavy atom. The Kier molecular flexibility index (Phi) is 4.63. The number of hydrogen-bond donors (Lipinski definition) is 1. The van der Waals surface area contributed by atoms with Crippen molar-refractivity contribution < 1.29 is 18.7 Å². The number of carbonyl (C=O) groups excluding carboxylic acids is 1. The van der Waals surface area contributed by atoms with E-state index in [0.29, 0.717) is 13.1 Å². The highest BCUT2D eigenvalue weighted by molar-refractivity contribution is 5.86. The first-order valence-electron chi connectivity index (χ1n) is 9.68. The van der Waals surface area contributed by atoms with Gasteiger partial charge in [0.25, 0.3) is 0 Å². The summed E-state index contributed by atoms with van der Waals surface area (Å²) in [6.45, 7) is 1.84. The van der Waals surface area contributed by atoms with E-state index in [0.717, 1.165) is 57.6 Å². The van der Waals surface area contributed by atoms with Crippen molar-refractivity contribution in [3.8, 4) is 0 Å². The number of hydrogen-bond acceptors (Lipinski definition) is 3. The largest absolute Gasteiger partial charge is 0.393 e. The van der Waals surface area contributed by atoms with Gasteiger partial charge in [0.1, 0.15) is 0 Å². The lowest BCUT2D eigenvalue weighted by atomic mass is 9.78. The van der Waals surface area contributed by atoms with Crippen LogP contribution < -0.4 is 4.90 Å². The molecule has 3 aliphatic rings. The molecule has 2 aliphatic heterocycles. The molecule has 2 saturated heterocycles. The first-order chi connectivity index (χ1) is 12.5. The summed E-state index contributed by atoms with van der Waals surface area (Å²) in [5.41, 5.74) is -0.219. The molecule has 1 amide bonds. The van der Waals surface area contributed by atoms with E-state index in [1.165, 1.54) is 6.07 Å². The van der Waals surface area contributed by atoms with Crippen molar-refractivity contribution in [3.05, 3.63) is 29.8 Å². The molecule has 4 nitrogen and oxygen atoms in total. The third-order valence-corrected chi connectivity index (χ3v) is 6.50. The predicted octanol–water partition coefficient (Wildman–Crippen LogP) is 3.09. The maximum absolute atomic E-state index is 14.2. The van der Waals surface area contributed by atoms with Crippen LogP contribution >= 0.6 is 0 Å². The van der Waals surface area contributed by atoms with Crippen LogP contribution in [0.5, 0.6) is 0 Å². The Morgan fingerprint density at radius 3 is 2.62 bits per heavy atom. The lowest BCUT2D eigenvalue weighted by Crippen LogP contribution is -2.50. The van der Waals surface area contributed by atoms with Crippen LogP contribution in [0.3, 0.4) is 0 Å². The molecule has 0 radical (unpaired) electrons. The number of aliphatic hydroxyl groups is 1. The van der Waals surface area contributed by atoms with Crippen molar-refractivity contribution in [2.75, 3.05) is 24.5 Å². The minimum absolute atomic E-state index is 0.167. The standard InChI is InChI=1S/C20H26F2N2O2/c21-16-3-1-4-17(18(16)22)23-11-2-9-20(13-23)10-12-24(19(20)26)14-5-7-15(25)8-6-14/h1,3-4,14-15,25H,2,5-13H2/t14?,15?,20-/m1/s1. The molecular formula is C20H26F2N2O2. The average molecular weight is 364 g/mol. The van der Waals surface area contributed by atoms with E-state index in [2.05, 4.69) is 0 Å². The molecule has 1 aromatic carbocycles. The molecule has 1 N–H and O–H groups in total. The molecule has 26 heavy (non-hydrogen) atoms. The van der Waals surface area contributed by atoms with Crippen LogP contribution in [-0.4, -0.2) is 47.7 Å². The molecule has 3 fully saturated rings. The second kappa shape index (κ2) is 6.80. The number of rotatable bonds is 2. The summed E-state index contributed by atoms with van der Waals surface area (Å²) >= 11 is 0. The van der Waals surface area contributed by atoms with Gasteiger partial charge in [-0.2, -0.15) is 0 Å². The predicted molar refractivity (Wildman–Crippen MR) is 94.8 cm³/mol. The summed E-state index contributed by atoms with van der Waals surface area (Å²) in [5, 5.41) is 9.71. The van der Waals surface area contributed by atoms with Crippen LogP contribution in [0.15, 0.2) is 18.2 Å². The van der Waals surface area contributed by atoms with Crippen molar-refractivity contribution in [1.82, 2.24) is 4.90 Å². The summed E-state index contributed by atoms with van der Waals surface area (Å²) in [6.07, 6.45) is 5.36.